The molecule has 0 aliphatic rings. The van der Waals surface area contributed by atoms with Crippen molar-refractivity contribution in [2.24, 2.45) is 11.8 Å². The van der Waals surface area contributed by atoms with E-state index in [2.05, 4.69) is 18.6 Å². The molecule has 0 aliphatic carbocycles. The fourth-order valence-electron chi connectivity index (χ4n) is 1.65. The molecule has 1 aromatic rings. The first-order valence-corrected chi connectivity index (χ1v) is 8.51. The first-order valence-electron chi connectivity index (χ1n) is 7.02. The Labute approximate surface area is 126 Å². The monoisotopic (exact) mass is 313 g/mol. The van der Waals surface area contributed by atoms with Crippen LogP contribution >= 0.6 is 0 Å². The van der Waals surface area contributed by atoms with Gasteiger partial charge in [0.15, 0.2) is 0 Å². The van der Waals surface area contributed by atoms with Gasteiger partial charge in [0, 0.05) is 13.0 Å². The first kappa shape index (κ1) is 17.7. The van der Waals surface area contributed by atoms with Crippen molar-refractivity contribution in [3.63, 3.8) is 0 Å². The molecule has 1 atom stereocenters. The molecule has 1 aromatic carbocycles. The van der Waals surface area contributed by atoms with E-state index in [1.807, 2.05) is 6.92 Å². The third-order valence-corrected chi connectivity index (χ3v) is 5.03. The second-order valence-electron chi connectivity index (χ2n) is 5.61. The van der Waals surface area contributed by atoms with Gasteiger partial charge in [-0.25, -0.2) is 13.1 Å². The van der Waals surface area contributed by atoms with E-state index < -0.39 is 16.0 Å². The number of carboxylic acid groups (broad SMARTS) is 1. The largest absolute Gasteiger partial charge is 0.481 e. The second kappa shape index (κ2) is 7.56. The zero-order valence-electron chi connectivity index (χ0n) is 12.7. The minimum atomic E-state index is -3.50. The third-order valence-electron chi connectivity index (χ3n) is 3.59. The van der Waals surface area contributed by atoms with Crippen molar-refractivity contribution in [2.45, 2.75) is 38.5 Å². The molecule has 1 unspecified atom stereocenters. The topological polar surface area (TPSA) is 83.5 Å². The Morgan fingerprint density at radius 3 is 2.24 bits per heavy atom. The van der Waals surface area contributed by atoms with E-state index in [1.165, 1.54) is 12.1 Å². The maximum atomic E-state index is 12.1. The van der Waals surface area contributed by atoms with Crippen molar-refractivity contribution in [3.8, 4) is 0 Å². The van der Waals surface area contributed by atoms with Crippen LogP contribution in [0.15, 0.2) is 29.2 Å². The van der Waals surface area contributed by atoms with Crippen molar-refractivity contribution in [3.05, 3.63) is 29.8 Å². The van der Waals surface area contributed by atoms with Crippen LogP contribution in [-0.2, 0) is 21.2 Å². The molecule has 0 saturated heterocycles. The van der Waals surface area contributed by atoms with Crippen molar-refractivity contribution >= 4 is 16.0 Å². The Hall–Kier alpha value is -1.40. The zero-order valence-corrected chi connectivity index (χ0v) is 13.5. The molecular weight excluding hydrogens is 290 g/mol. The number of rotatable bonds is 8. The highest BCUT2D eigenvalue weighted by atomic mass is 32.2. The van der Waals surface area contributed by atoms with E-state index in [4.69, 9.17) is 5.11 Å². The number of benzene rings is 1. The number of nitrogens with one attached hydrogen (secondary N) is 1. The molecule has 0 heterocycles. The van der Waals surface area contributed by atoms with Crippen LogP contribution in [0.1, 0.15) is 32.8 Å². The molecule has 6 heteroatoms. The lowest BCUT2D eigenvalue weighted by Crippen LogP contribution is -2.30. The average molecular weight is 313 g/mol. The van der Waals surface area contributed by atoms with Crippen LogP contribution in [0.3, 0.4) is 0 Å². The molecule has 0 aromatic heterocycles. The van der Waals surface area contributed by atoms with Crippen molar-refractivity contribution in [1.29, 1.82) is 0 Å². The Bertz CT molecular complexity index is 564. The fourth-order valence-corrected chi connectivity index (χ4v) is 2.79. The highest BCUT2D eigenvalue weighted by molar-refractivity contribution is 7.89. The molecule has 5 nitrogen and oxygen atoms in total. The molecule has 0 aliphatic heterocycles. The molecular formula is C15H23NO4S. The molecule has 118 valence electrons. The van der Waals surface area contributed by atoms with Crippen molar-refractivity contribution < 1.29 is 18.3 Å². The normalized spacial score (nSPS) is 13.3. The van der Waals surface area contributed by atoms with E-state index in [1.54, 1.807) is 12.1 Å². The summed E-state index contributed by atoms with van der Waals surface area (Å²) in [5, 5.41) is 8.62. The Morgan fingerprint density at radius 1 is 1.19 bits per heavy atom. The quantitative estimate of drug-likeness (QED) is 0.771. The van der Waals surface area contributed by atoms with E-state index in [0.717, 1.165) is 5.56 Å². The lowest BCUT2D eigenvalue weighted by atomic mass is 9.99. The van der Waals surface area contributed by atoms with Crippen LogP contribution in [0, 0.1) is 11.8 Å². The highest BCUT2D eigenvalue weighted by Crippen LogP contribution is 2.14. The van der Waals surface area contributed by atoms with E-state index in [0.29, 0.717) is 18.9 Å². The Morgan fingerprint density at radius 2 is 1.76 bits per heavy atom. The number of hydrogen-bond donors (Lipinski definition) is 2. The van der Waals surface area contributed by atoms with Gasteiger partial charge in [-0.05, 0) is 36.0 Å². The maximum Gasteiger partial charge on any atom is 0.303 e. The van der Waals surface area contributed by atoms with Gasteiger partial charge in [0.05, 0.1) is 4.90 Å². The summed E-state index contributed by atoms with van der Waals surface area (Å²) >= 11 is 0. The summed E-state index contributed by atoms with van der Waals surface area (Å²) in [6.45, 7) is 6.51. The van der Waals surface area contributed by atoms with Gasteiger partial charge in [-0.15, -0.1) is 0 Å². The number of hydrogen-bond acceptors (Lipinski definition) is 3. The third kappa shape index (κ3) is 5.85. The summed E-state index contributed by atoms with van der Waals surface area (Å²) in [6.07, 6.45) is 0.434. The zero-order chi connectivity index (χ0) is 16.0. The van der Waals surface area contributed by atoms with Gasteiger partial charge in [-0.1, -0.05) is 32.9 Å². The SMILES string of the molecule is CC(C)C(C)CNS(=O)(=O)c1ccc(CCC(=O)O)cc1. The minimum absolute atomic E-state index is 0.0379. The summed E-state index contributed by atoms with van der Waals surface area (Å²) in [5.74, 6) is -0.197. The van der Waals surface area contributed by atoms with Gasteiger partial charge < -0.3 is 5.11 Å². The molecule has 1 rings (SSSR count). The second-order valence-corrected chi connectivity index (χ2v) is 7.38. The maximum absolute atomic E-state index is 12.1. The summed E-state index contributed by atoms with van der Waals surface area (Å²) in [7, 11) is -3.50. The van der Waals surface area contributed by atoms with Gasteiger partial charge in [0.2, 0.25) is 10.0 Å². The lowest BCUT2D eigenvalue weighted by Gasteiger charge is -2.16. The fraction of sp³-hybridized carbons (Fsp3) is 0.533. The molecule has 0 radical (unpaired) electrons. The van der Waals surface area contributed by atoms with Crippen LogP contribution in [-0.4, -0.2) is 26.0 Å². The number of sulfonamides is 1. The van der Waals surface area contributed by atoms with E-state index in [-0.39, 0.29) is 17.2 Å². The number of aliphatic carboxylic acids is 1. The Balaban J connectivity index is 2.69. The molecule has 0 saturated carbocycles. The van der Waals surface area contributed by atoms with Crippen LogP contribution in [0.5, 0.6) is 0 Å². The average Bonchev–Trinajstić information content (AvgIpc) is 2.43. The minimum Gasteiger partial charge on any atom is -0.481 e. The number of carbonyl (C=O) groups is 1. The van der Waals surface area contributed by atoms with Crippen molar-refractivity contribution in [1.82, 2.24) is 4.72 Å². The van der Waals surface area contributed by atoms with Crippen LogP contribution in [0.25, 0.3) is 0 Å². The standard InChI is InChI=1S/C15H23NO4S/c1-11(2)12(3)10-16-21(19,20)14-7-4-13(5-8-14)6-9-15(17)18/h4-5,7-8,11-12,16H,6,9-10H2,1-3H3,(H,17,18). The summed E-state index contributed by atoms with van der Waals surface area (Å²) < 4.78 is 26.9. The van der Waals surface area contributed by atoms with Crippen LogP contribution in [0.2, 0.25) is 0 Å². The molecule has 0 bridgehead atoms. The number of aryl methyl sites for hydroxylation is 1. The predicted octanol–water partition coefficient (Wildman–Crippen LogP) is 2.27. The molecule has 0 amide bonds. The van der Waals surface area contributed by atoms with E-state index >= 15 is 0 Å². The van der Waals surface area contributed by atoms with Crippen LogP contribution < -0.4 is 4.72 Å². The highest BCUT2D eigenvalue weighted by Gasteiger charge is 2.16. The van der Waals surface area contributed by atoms with Gasteiger partial charge in [0.1, 0.15) is 0 Å². The predicted molar refractivity (Wildman–Crippen MR) is 81.6 cm³/mol. The first-order chi connectivity index (χ1) is 9.72. The summed E-state index contributed by atoms with van der Waals surface area (Å²) in [6, 6.07) is 6.34. The Kier molecular flexibility index (Phi) is 6.36. The number of carboxylic acids is 1. The van der Waals surface area contributed by atoms with Gasteiger partial charge in [-0.3, -0.25) is 4.79 Å². The summed E-state index contributed by atoms with van der Waals surface area (Å²) in [4.78, 5) is 10.7. The molecule has 2 N–H and O–H groups in total. The van der Waals surface area contributed by atoms with Crippen LogP contribution in [0.4, 0.5) is 0 Å². The van der Waals surface area contributed by atoms with E-state index in [9.17, 15) is 13.2 Å². The molecule has 0 spiro atoms. The van der Waals surface area contributed by atoms with Gasteiger partial charge in [0.25, 0.3) is 0 Å². The molecule has 0 fully saturated rings. The van der Waals surface area contributed by atoms with Gasteiger partial charge in [-0.2, -0.15) is 0 Å². The smallest absolute Gasteiger partial charge is 0.303 e. The van der Waals surface area contributed by atoms with Crippen molar-refractivity contribution in [2.75, 3.05) is 6.54 Å². The molecule has 21 heavy (non-hydrogen) atoms. The lowest BCUT2D eigenvalue weighted by molar-refractivity contribution is -0.136. The van der Waals surface area contributed by atoms with Gasteiger partial charge >= 0.3 is 5.97 Å². The summed E-state index contributed by atoms with van der Waals surface area (Å²) in [5.41, 5.74) is 0.812.